The molecular formula is C15H22N4O4S. The Kier molecular flexibility index (Phi) is 4.48. The molecule has 0 radical (unpaired) electrons. The van der Waals surface area contributed by atoms with Crippen LogP contribution in [0.1, 0.15) is 30.6 Å². The number of rotatable bonds is 3. The lowest BCUT2D eigenvalue weighted by Crippen LogP contribution is -2.52. The lowest BCUT2D eigenvalue weighted by molar-refractivity contribution is -0.135. The third kappa shape index (κ3) is 3.23. The van der Waals surface area contributed by atoms with Crippen LogP contribution in [0.3, 0.4) is 0 Å². The summed E-state index contributed by atoms with van der Waals surface area (Å²) in [5.41, 5.74) is 1.63. The molecular weight excluding hydrogens is 332 g/mol. The highest BCUT2D eigenvalue weighted by Gasteiger charge is 2.30. The molecule has 0 aromatic carbocycles. The summed E-state index contributed by atoms with van der Waals surface area (Å²) in [4.78, 5) is 26.5. The molecule has 0 spiro atoms. The molecule has 0 bridgehead atoms. The topological polar surface area (TPSA) is 92.6 Å². The summed E-state index contributed by atoms with van der Waals surface area (Å²) in [5, 5.41) is 4.37. The van der Waals surface area contributed by atoms with E-state index in [4.69, 9.17) is 0 Å². The minimum Gasteiger partial charge on any atom is -0.338 e. The second-order valence-electron chi connectivity index (χ2n) is 6.42. The molecule has 0 N–H and O–H groups in total. The third-order valence-corrected chi connectivity index (χ3v) is 6.03. The van der Waals surface area contributed by atoms with E-state index in [0.717, 1.165) is 30.5 Å². The molecule has 0 saturated carbocycles. The molecule has 1 atom stereocenters. The van der Waals surface area contributed by atoms with Crippen LogP contribution in [0.5, 0.6) is 0 Å². The number of piperazine rings is 1. The summed E-state index contributed by atoms with van der Waals surface area (Å²) in [6.07, 6.45) is 3.86. The van der Waals surface area contributed by atoms with Crippen LogP contribution in [0.4, 0.5) is 0 Å². The molecule has 1 amide bonds. The molecule has 8 nitrogen and oxygen atoms in total. The molecule has 2 heterocycles. The van der Waals surface area contributed by atoms with Gasteiger partial charge >= 0.3 is 0 Å². The highest BCUT2D eigenvalue weighted by molar-refractivity contribution is 7.88. The summed E-state index contributed by atoms with van der Waals surface area (Å²) in [6.45, 7) is 2.89. The zero-order valence-corrected chi connectivity index (χ0v) is 14.8. The molecule has 1 saturated heterocycles. The smallest absolute Gasteiger partial charge is 0.267 e. The number of nitrogens with zero attached hydrogens (tertiary/aromatic N) is 4. The maximum absolute atomic E-state index is 12.7. The molecule has 1 fully saturated rings. The summed E-state index contributed by atoms with van der Waals surface area (Å²) in [5.74, 6) is -0.198. The van der Waals surface area contributed by atoms with Gasteiger partial charge in [-0.25, -0.2) is 13.1 Å². The minimum atomic E-state index is -3.23. The van der Waals surface area contributed by atoms with E-state index in [9.17, 15) is 18.0 Å². The highest BCUT2D eigenvalue weighted by atomic mass is 32.2. The van der Waals surface area contributed by atoms with Gasteiger partial charge in [0, 0.05) is 32.2 Å². The Balaban J connectivity index is 1.73. The monoisotopic (exact) mass is 354 g/mol. The van der Waals surface area contributed by atoms with Gasteiger partial charge in [-0.2, -0.15) is 9.40 Å². The Hall–Kier alpha value is -1.74. The minimum absolute atomic E-state index is 0.198. The Morgan fingerprint density at radius 3 is 2.50 bits per heavy atom. The number of hydrogen-bond donors (Lipinski definition) is 0. The zero-order chi connectivity index (χ0) is 17.5. The summed E-state index contributed by atoms with van der Waals surface area (Å²) >= 11 is 0. The van der Waals surface area contributed by atoms with Gasteiger partial charge in [-0.3, -0.25) is 9.59 Å². The molecule has 1 aliphatic carbocycles. The first-order chi connectivity index (χ1) is 11.3. The van der Waals surface area contributed by atoms with E-state index in [1.807, 2.05) is 0 Å². The van der Waals surface area contributed by atoms with Crippen molar-refractivity contribution in [1.82, 2.24) is 19.0 Å². The van der Waals surface area contributed by atoms with Gasteiger partial charge in [-0.05, 0) is 31.7 Å². The van der Waals surface area contributed by atoms with Crippen molar-refractivity contribution >= 4 is 15.9 Å². The van der Waals surface area contributed by atoms with Crippen LogP contribution < -0.4 is 5.56 Å². The number of hydrogen-bond acceptors (Lipinski definition) is 5. The van der Waals surface area contributed by atoms with Gasteiger partial charge in [0.25, 0.3) is 5.56 Å². The van der Waals surface area contributed by atoms with Crippen LogP contribution in [-0.4, -0.2) is 65.7 Å². The number of fused-ring (bicyclic) bond motifs is 1. The number of carbonyl (C=O) groups excluding carboxylic acids is 1. The standard InChI is InChI=1S/C15H22N4O4S/c1-11(19-14(20)10-12-4-3-5-13(12)16-19)15(21)17-6-8-18(9-7-17)24(2,22)23/h10-11H,3-9H2,1-2H3/t11-/m1/s1. The van der Waals surface area contributed by atoms with E-state index in [1.165, 1.54) is 15.2 Å². The van der Waals surface area contributed by atoms with Crippen molar-refractivity contribution in [2.24, 2.45) is 0 Å². The number of aryl methyl sites for hydroxylation is 2. The summed E-state index contributed by atoms with van der Waals surface area (Å²) in [7, 11) is -3.23. The van der Waals surface area contributed by atoms with Crippen LogP contribution in [0, 0.1) is 0 Å². The molecule has 1 aromatic heterocycles. The zero-order valence-electron chi connectivity index (χ0n) is 13.9. The lowest BCUT2D eigenvalue weighted by Gasteiger charge is -2.34. The average Bonchev–Trinajstić information content (AvgIpc) is 2.99. The number of amides is 1. The maximum Gasteiger partial charge on any atom is 0.267 e. The quantitative estimate of drug-likeness (QED) is 0.722. The second-order valence-corrected chi connectivity index (χ2v) is 8.40. The van der Waals surface area contributed by atoms with E-state index in [2.05, 4.69) is 5.10 Å². The molecule has 3 rings (SSSR count). The molecule has 0 unspecified atom stereocenters. The summed E-state index contributed by atoms with van der Waals surface area (Å²) in [6, 6.07) is 0.897. The SMILES string of the molecule is C[C@H](C(=O)N1CCN(S(C)(=O)=O)CC1)n1nc2c(cc1=O)CCC2. The van der Waals surface area contributed by atoms with Crippen LogP contribution in [0.2, 0.25) is 0 Å². The van der Waals surface area contributed by atoms with E-state index in [-0.39, 0.29) is 24.6 Å². The van der Waals surface area contributed by atoms with Crippen molar-refractivity contribution < 1.29 is 13.2 Å². The van der Waals surface area contributed by atoms with Crippen molar-refractivity contribution in [3.05, 3.63) is 27.7 Å². The Bertz CT molecular complexity index is 809. The molecule has 24 heavy (non-hydrogen) atoms. The first kappa shape index (κ1) is 17.1. The first-order valence-corrected chi connectivity index (χ1v) is 9.98. The van der Waals surface area contributed by atoms with Gasteiger partial charge in [0.05, 0.1) is 11.9 Å². The van der Waals surface area contributed by atoms with Crippen molar-refractivity contribution in [3.63, 3.8) is 0 Å². The molecule has 2 aliphatic rings. The maximum atomic E-state index is 12.7. The number of aromatic nitrogens is 2. The van der Waals surface area contributed by atoms with Crippen LogP contribution >= 0.6 is 0 Å². The van der Waals surface area contributed by atoms with Crippen LogP contribution in [-0.2, 0) is 27.7 Å². The molecule has 1 aromatic rings. The summed E-state index contributed by atoms with van der Waals surface area (Å²) < 4.78 is 25.7. The first-order valence-electron chi connectivity index (χ1n) is 8.13. The van der Waals surface area contributed by atoms with Gasteiger partial charge < -0.3 is 4.90 Å². The molecule has 132 valence electrons. The second kappa shape index (κ2) is 6.29. The van der Waals surface area contributed by atoms with Gasteiger partial charge in [0.2, 0.25) is 15.9 Å². The molecule has 1 aliphatic heterocycles. The van der Waals surface area contributed by atoms with Crippen molar-refractivity contribution in [1.29, 1.82) is 0 Å². The fraction of sp³-hybridized carbons (Fsp3) is 0.667. The third-order valence-electron chi connectivity index (χ3n) is 4.73. The normalized spacial score (nSPS) is 20.0. The van der Waals surface area contributed by atoms with Gasteiger partial charge in [-0.15, -0.1) is 0 Å². The largest absolute Gasteiger partial charge is 0.338 e. The predicted molar refractivity (Wildman–Crippen MR) is 88.2 cm³/mol. The number of carbonyl (C=O) groups is 1. The van der Waals surface area contributed by atoms with Crippen molar-refractivity contribution in [3.8, 4) is 0 Å². The highest BCUT2D eigenvalue weighted by Crippen LogP contribution is 2.19. The Morgan fingerprint density at radius 2 is 1.88 bits per heavy atom. The average molecular weight is 354 g/mol. The van der Waals surface area contributed by atoms with Crippen molar-refractivity contribution in [2.75, 3.05) is 32.4 Å². The Labute approximate surface area is 141 Å². The van der Waals surface area contributed by atoms with E-state index in [0.29, 0.717) is 13.1 Å². The van der Waals surface area contributed by atoms with Gasteiger partial charge in [0.1, 0.15) is 6.04 Å². The lowest BCUT2D eigenvalue weighted by atomic mass is 10.2. The fourth-order valence-corrected chi connectivity index (χ4v) is 4.13. The van der Waals surface area contributed by atoms with E-state index in [1.54, 1.807) is 17.9 Å². The van der Waals surface area contributed by atoms with Crippen molar-refractivity contribution in [2.45, 2.75) is 32.2 Å². The van der Waals surface area contributed by atoms with Crippen LogP contribution in [0.15, 0.2) is 10.9 Å². The van der Waals surface area contributed by atoms with Gasteiger partial charge in [0.15, 0.2) is 0 Å². The predicted octanol–water partition coefficient (Wildman–Crippen LogP) is -0.603. The fourth-order valence-electron chi connectivity index (χ4n) is 3.30. The van der Waals surface area contributed by atoms with Crippen LogP contribution in [0.25, 0.3) is 0 Å². The van der Waals surface area contributed by atoms with Gasteiger partial charge in [-0.1, -0.05) is 0 Å². The van der Waals surface area contributed by atoms with E-state index >= 15 is 0 Å². The Morgan fingerprint density at radius 1 is 1.21 bits per heavy atom. The number of sulfonamides is 1. The molecule has 9 heteroatoms. The van der Waals surface area contributed by atoms with E-state index < -0.39 is 16.1 Å².